The molecule has 5 nitrogen and oxygen atoms in total. The second-order valence-electron chi connectivity index (χ2n) is 6.44. The van der Waals surface area contributed by atoms with Gasteiger partial charge in [0.2, 0.25) is 5.91 Å². The van der Waals surface area contributed by atoms with Gasteiger partial charge in [-0.1, -0.05) is 24.3 Å². The number of hydrogen-bond donors (Lipinski definition) is 1. The topological polar surface area (TPSA) is 66.5 Å². The van der Waals surface area contributed by atoms with Gasteiger partial charge in [-0.15, -0.1) is 0 Å². The van der Waals surface area contributed by atoms with Crippen LogP contribution >= 0.6 is 0 Å². The van der Waals surface area contributed by atoms with Crippen LogP contribution in [0.15, 0.2) is 41.3 Å². The molecule has 0 fully saturated rings. The second-order valence-corrected chi connectivity index (χ2v) is 8.27. The lowest BCUT2D eigenvalue weighted by atomic mass is 10.1. The van der Waals surface area contributed by atoms with E-state index in [-0.39, 0.29) is 17.3 Å². The number of hydrogen-bond acceptors (Lipinski definition) is 3. The van der Waals surface area contributed by atoms with E-state index in [0.717, 1.165) is 5.39 Å². The fourth-order valence-corrected chi connectivity index (χ4v) is 4.38. The van der Waals surface area contributed by atoms with Crippen LogP contribution in [0.3, 0.4) is 0 Å². The Balaban J connectivity index is 2.05. The first-order chi connectivity index (χ1) is 10.2. The Hall–Kier alpha value is -2.08. The number of nitrogens with one attached hydrogen (secondary N) is 1. The predicted octanol–water partition coefficient (Wildman–Crippen LogP) is 2.26. The molecule has 0 aliphatic carbocycles. The highest BCUT2D eigenvalue weighted by Crippen LogP contribution is 2.41. The van der Waals surface area contributed by atoms with E-state index in [1.807, 2.05) is 32.9 Å². The van der Waals surface area contributed by atoms with Crippen molar-refractivity contribution in [1.29, 1.82) is 0 Å². The first kappa shape index (κ1) is 14.8. The lowest BCUT2D eigenvalue weighted by Crippen LogP contribution is -2.46. The van der Waals surface area contributed by atoms with E-state index in [4.69, 9.17) is 0 Å². The Kier molecular flexibility index (Phi) is 3.18. The van der Waals surface area contributed by atoms with Crippen LogP contribution in [0.5, 0.6) is 0 Å². The molecule has 0 atom stereocenters. The van der Waals surface area contributed by atoms with Crippen LogP contribution in [0, 0.1) is 0 Å². The summed E-state index contributed by atoms with van der Waals surface area (Å²) >= 11 is 0. The summed E-state index contributed by atoms with van der Waals surface area (Å²) < 4.78 is 26.6. The zero-order valence-electron chi connectivity index (χ0n) is 12.8. The van der Waals surface area contributed by atoms with Crippen molar-refractivity contribution in [2.75, 3.05) is 10.8 Å². The highest BCUT2D eigenvalue weighted by molar-refractivity contribution is 7.93. The summed E-state index contributed by atoms with van der Waals surface area (Å²) in [5.74, 6) is -0.319. The highest BCUT2D eigenvalue weighted by atomic mass is 32.2. The van der Waals surface area contributed by atoms with Crippen molar-refractivity contribution in [3.05, 3.63) is 36.4 Å². The summed E-state index contributed by atoms with van der Waals surface area (Å²) in [5.41, 5.74) is 0.163. The van der Waals surface area contributed by atoms with Crippen LogP contribution in [-0.4, -0.2) is 26.4 Å². The molecule has 0 saturated carbocycles. The standard InChI is InChI=1S/C16H18N2O3S/c1-16(2,3)17-14(19)10-18-12-8-4-6-11-7-5-9-13(15(11)12)22(18,20)21/h4-9H,10H2,1-3H3,(H,17,19). The second kappa shape index (κ2) is 4.71. The molecule has 1 aliphatic heterocycles. The van der Waals surface area contributed by atoms with E-state index in [0.29, 0.717) is 11.1 Å². The minimum Gasteiger partial charge on any atom is -0.350 e. The average molecular weight is 318 g/mol. The van der Waals surface area contributed by atoms with Gasteiger partial charge in [0, 0.05) is 10.9 Å². The van der Waals surface area contributed by atoms with Gasteiger partial charge < -0.3 is 5.32 Å². The molecule has 0 aromatic heterocycles. The smallest absolute Gasteiger partial charge is 0.265 e. The molecule has 1 N–H and O–H groups in total. The van der Waals surface area contributed by atoms with Crippen molar-refractivity contribution < 1.29 is 13.2 Å². The molecular weight excluding hydrogens is 300 g/mol. The first-order valence-corrected chi connectivity index (χ1v) is 8.50. The Labute approximate surface area is 130 Å². The monoisotopic (exact) mass is 318 g/mol. The molecule has 2 aromatic carbocycles. The number of anilines is 1. The molecular formula is C16H18N2O3S. The van der Waals surface area contributed by atoms with Gasteiger partial charge in [0.25, 0.3) is 10.0 Å². The zero-order chi connectivity index (χ0) is 16.1. The summed E-state index contributed by atoms with van der Waals surface area (Å²) in [6, 6.07) is 10.6. The molecule has 1 heterocycles. The quantitative estimate of drug-likeness (QED) is 0.923. The lowest BCUT2D eigenvalue weighted by molar-refractivity contribution is -0.120. The van der Waals surface area contributed by atoms with E-state index in [1.165, 1.54) is 4.31 Å². The lowest BCUT2D eigenvalue weighted by Gasteiger charge is -2.24. The van der Waals surface area contributed by atoms with Crippen LogP contribution < -0.4 is 9.62 Å². The molecule has 0 unspecified atom stereocenters. The summed E-state index contributed by atoms with van der Waals surface area (Å²) in [6.07, 6.45) is 0. The number of carbonyl (C=O) groups is 1. The molecule has 0 radical (unpaired) electrons. The number of benzene rings is 2. The molecule has 0 saturated heterocycles. The number of carbonyl (C=O) groups excluding carboxylic acids is 1. The van der Waals surface area contributed by atoms with Gasteiger partial charge in [-0.3, -0.25) is 9.10 Å². The maximum absolute atomic E-state index is 12.7. The van der Waals surface area contributed by atoms with Crippen LogP contribution in [0.4, 0.5) is 5.69 Å². The van der Waals surface area contributed by atoms with E-state index in [1.54, 1.807) is 24.3 Å². The Bertz CT molecular complexity index is 861. The predicted molar refractivity (Wildman–Crippen MR) is 86.4 cm³/mol. The van der Waals surface area contributed by atoms with Crippen molar-refractivity contribution in [2.24, 2.45) is 0 Å². The molecule has 3 rings (SSSR count). The van der Waals surface area contributed by atoms with Gasteiger partial charge in [-0.2, -0.15) is 0 Å². The van der Waals surface area contributed by atoms with Gasteiger partial charge in [0.15, 0.2) is 0 Å². The summed E-state index contributed by atoms with van der Waals surface area (Å²) in [7, 11) is -3.68. The molecule has 0 bridgehead atoms. The molecule has 0 spiro atoms. The SMILES string of the molecule is CC(C)(C)NC(=O)CN1c2cccc3cccc(c23)S1(=O)=O. The zero-order valence-corrected chi connectivity index (χ0v) is 13.6. The van der Waals surface area contributed by atoms with Crippen molar-refractivity contribution >= 4 is 32.4 Å². The van der Waals surface area contributed by atoms with Gasteiger partial charge in [-0.25, -0.2) is 8.42 Å². The van der Waals surface area contributed by atoms with Gasteiger partial charge >= 0.3 is 0 Å². The third kappa shape index (κ3) is 2.33. The maximum atomic E-state index is 12.7. The minimum atomic E-state index is -3.68. The maximum Gasteiger partial charge on any atom is 0.265 e. The molecule has 1 amide bonds. The van der Waals surface area contributed by atoms with Gasteiger partial charge in [0.1, 0.15) is 6.54 Å². The fourth-order valence-electron chi connectivity index (χ4n) is 2.72. The normalized spacial score (nSPS) is 16.0. The van der Waals surface area contributed by atoms with Crippen molar-refractivity contribution in [3.8, 4) is 0 Å². The average Bonchev–Trinajstić information content (AvgIpc) is 2.61. The Morgan fingerprint density at radius 1 is 1.14 bits per heavy atom. The molecule has 6 heteroatoms. The summed E-state index contributed by atoms with van der Waals surface area (Å²) in [5, 5.41) is 4.34. The molecule has 1 aliphatic rings. The van der Waals surface area contributed by atoms with E-state index in [2.05, 4.69) is 5.32 Å². The summed E-state index contributed by atoms with van der Waals surface area (Å²) in [4.78, 5) is 12.4. The molecule has 116 valence electrons. The van der Waals surface area contributed by atoms with Crippen molar-refractivity contribution in [3.63, 3.8) is 0 Å². The van der Waals surface area contributed by atoms with E-state index >= 15 is 0 Å². The van der Waals surface area contributed by atoms with E-state index < -0.39 is 15.6 Å². The van der Waals surface area contributed by atoms with Crippen LogP contribution in [-0.2, 0) is 14.8 Å². The van der Waals surface area contributed by atoms with Gasteiger partial charge in [0.05, 0.1) is 10.6 Å². The number of sulfonamides is 1. The van der Waals surface area contributed by atoms with E-state index in [9.17, 15) is 13.2 Å². The van der Waals surface area contributed by atoms with Crippen LogP contribution in [0.25, 0.3) is 10.8 Å². The number of nitrogens with zero attached hydrogens (tertiary/aromatic N) is 1. The third-order valence-electron chi connectivity index (χ3n) is 3.48. The number of rotatable bonds is 2. The van der Waals surface area contributed by atoms with Crippen LogP contribution in [0.1, 0.15) is 20.8 Å². The molecule has 2 aromatic rings. The van der Waals surface area contributed by atoms with Crippen molar-refractivity contribution in [2.45, 2.75) is 31.2 Å². The highest BCUT2D eigenvalue weighted by Gasteiger charge is 2.36. The molecule has 22 heavy (non-hydrogen) atoms. The van der Waals surface area contributed by atoms with Crippen LogP contribution in [0.2, 0.25) is 0 Å². The summed E-state index contributed by atoms with van der Waals surface area (Å²) in [6.45, 7) is 5.37. The largest absolute Gasteiger partial charge is 0.350 e. The minimum absolute atomic E-state index is 0.215. The Morgan fingerprint density at radius 2 is 1.77 bits per heavy atom. The first-order valence-electron chi connectivity index (χ1n) is 7.06. The van der Waals surface area contributed by atoms with Crippen molar-refractivity contribution in [1.82, 2.24) is 5.32 Å². The Morgan fingerprint density at radius 3 is 2.41 bits per heavy atom. The van der Waals surface area contributed by atoms with Gasteiger partial charge in [-0.05, 0) is 38.3 Å². The third-order valence-corrected chi connectivity index (χ3v) is 5.28. The fraction of sp³-hybridized carbons (Fsp3) is 0.312. The number of amides is 1.